The number of halogens is 1. The van der Waals surface area contributed by atoms with Crippen LogP contribution >= 0.6 is 11.6 Å². The zero-order chi connectivity index (χ0) is 13.6. The summed E-state index contributed by atoms with van der Waals surface area (Å²) in [6, 6.07) is 0. The van der Waals surface area contributed by atoms with Crippen LogP contribution in [0.5, 0.6) is 0 Å². The van der Waals surface area contributed by atoms with Crippen LogP contribution < -0.4 is 0 Å². The highest BCUT2D eigenvalue weighted by Gasteiger charge is 2.07. The second-order valence-electron chi connectivity index (χ2n) is 4.67. The minimum atomic E-state index is -0.500. The van der Waals surface area contributed by atoms with Crippen LogP contribution in [-0.2, 0) is 9.53 Å². The number of ether oxygens (including phenoxy) is 1. The smallest absolute Gasteiger partial charge is 0.331 e. The fraction of sp³-hybridized carbons (Fsp3) is 0.800. The molecule has 0 aliphatic rings. The summed E-state index contributed by atoms with van der Waals surface area (Å²) >= 11 is 5.86. The van der Waals surface area contributed by atoms with Crippen molar-refractivity contribution < 1.29 is 9.53 Å². The average molecular weight is 275 g/mol. The molecule has 106 valence electrons. The van der Waals surface area contributed by atoms with Crippen molar-refractivity contribution in [2.45, 2.75) is 76.7 Å². The van der Waals surface area contributed by atoms with E-state index < -0.39 is 11.5 Å². The topological polar surface area (TPSA) is 26.3 Å². The molecule has 0 fully saturated rings. The van der Waals surface area contributed by atoms with Crippen LogP contribution in [0.1, 0.15) is 71.1 Å². The van der Waals surface area contributed by atoms with Crippen LogP contribution in [0.4, 0.5) is 0 Å². The van der Waals surface area contributed by atoms with Gasteiger partial charge in [-0.05, 0) is 12.8 Å². The maximum atomic E-state index is 10.9. The zero-order valence-corrected chi connectivity index (χ0v) is 12.4. The number of hydrogen-bond donors (Lipinski definition) is 0. The summed E-state index contributed by atoms with van der Waals surface area (Å²) in [5.74, 6) is -0.439. The molecule has 0 saturated heterocycles. The van der Waals surface area contributed by atoms with Crippen molar-refractivity contribution >= 4 is 17.6 Å². The molecule has 1 unspecified atom stereocenters. The molecule has 1 atom stereocenters. The van der Waals surface area contributed by atoms with Crippen molar-refractivity contribution in [1.82, 2.24) is 0 Å². The number of carbonyl (C=O) groups is 1. The van der Waals surface area contributed by atoms with Crippen molar-refractivity contribution in [1.29, 1.82) is 0 Å². The average Bonchev–Trinajstić information content (AvgIpc) is 2.36. The molecule has 0 N–H and O–H groups in total. The number of unbranched alkanes of at least 4 members (excludes halogenated alkanes) is 8. The molecular weight excluding hydrogens is 248 g/mol. The largest absolute Gasteiger partial charge is 0.443 e. The Bertz CT molecular complexity index is 217. The van der Waals surface area contributed by atoms with Crippen LogP contribution in [0.25, 0.3) is 0 Å². The third kappa shape index (κ3) is 12.0. The summed E-state index contributed by atoms with van der Waals surface area (Å²) in [4.78, 5) is 10.9. The molecule has 0 aliphatic carbocycles. The Morgan fingerprint density at radius 1 is 1.11 bits per heavy atom. The Morgan fingerprint density at radius 3 is 2.11 bits per heavy atom. The molecule has 0 rings (SSSR count). The standard InChI is InChI=1S/C15H27ClO2/c1-3-5-6-7-8-9-10-11-12-13-14(16)18-15(17)4-2/h4,14H,2-3,5-13H2,1H3. The summed E-state index contributed by atoms with van der Waals surface area (Å²) < 4.78 is 4.88. The molecule has 3 heteroatoms. The van der Waals surface area contributed by atoms with Crippen molar-refractivity contribution in [3.05, 3.63) is 12.7 Å². The van der Waals surface area contributed by atoms with E-state index in [0.29, 0.717) is 0 Å². The quantitative estimate of drug-likeness (QED) is 0.212. The Labute approximate surface area is 117 Å². The van der Waals surface area contributed by atoms with Gasteiger partial charge in [0.05, 0.1) is 0 Å². The van der Waals surface area contributed by atoms with Gasteiger partial charge in [-0.1, -0.05) is 76.5 Å². The Hall–Kier alpha value is -0.500. The van der Waals surface area contributed by atoms with E-state index in [4.69, 9.17) is 16.3 Å². The minimum absolute atomic E-state index is 0.439. The summed E-state index contributed by atoms with van der Waals surface area (Å²) in [7, 11) is 0. The van der Waals surface area contributed by atoms with E-state index in [1.807, 2.05) is 0 Å². The number of rotatable bonds is 12. The van der Waals surface area contributed by atoms with Gasteiger partial charge in [0.25, 0.3) is 0 Å². The molecule has 0 aromatic rings. The fourth-order valence-corrected chi connectivity index (χ4v) is 2.09. The zero-order valence-electron chi connectivity index (χ0n) is 11.6. The van der Waals surface area contributed by atoms with Crippen molar-refractivity contribution in [2.75, 3.05) is 0 Å². The summed E-state index contributed by atoms with van der Waals surface area (Å²) in [6.07, 6.45) is 13.4. The van der Waals surface area contributed by atoms with Crippen molar-refractivity contribution in [3.63, 3.8) is 0 Å². The second-order valence-corrected chi connectivity index (χ2v) is 5.15. The first-order chi connectivity index (χ1) is 8.70. The number of esters is 1. The molecule has 0 amide bonds. The van der Waals surface area contributed by atoms with Crippen molar-refractivity contribution in [2.24, 2.45) is 0 Å². The van der Waals surface area contributed by atoms with Crippen LogP contribution in [0.3, 0.4) is 0 Å². The molecule has 18 heavy (non-hydrogen) atoms. The lowest BCUT2D eigenvalue weighted by Crippen LogP contribution is -2.09. The van der Waals surface area contributed by atoms with E-state index in [1.165, 1.54) is 51.4 Å². The molecule has 0 aliphatic heterocycles. The maximum Gasteiger partial charge on any atom is 0.331 e. The normalized spacial score (nSPS) is 12.1. The maximum absolute atomic E-state index is 10.9. The number of hydrogen-bond acceptors (Lipinski definition) is 2. The van der Waals surface area contributed by atoms with Crippen LogP contribution in [0.15, 0.2) is 12.7 Å². The first-order valence-corrected chi connectivity index (χ1v) is 7.61. The van der Waals surface area contributed by atoms with Gasteiger partial charge in [0.15, 0.2) is 5.56 Å². The molecule has 0 aromatic carbocycles. The van der Waals surface area contributed by atoms with Crippen LogP contribution in [-0.4, -0.2) is 11.5 Å². The van der Waals surface area contributed by atoms with Gasteiger partial charge in [-0.15, -0.1) is 0 Å². The first-order valence-electron chi connectivity index (χ1n) is 7.17. The molecule has 0 spiro atoms. The van der Waals surface area contributed by atoms with Gasteiger partial charge in [0, 0.05) is 6.08 Å². The first kappa shape index (κ1) is 17.5. The highest BCUT2D eigenvalue weighted by atomic mass is 35.5. The Morgan fingerprint density at radius 2 is 1.61 bits per heavy atom. The van der Waals surface area contributed by atoms with Gasteiger partial charge in [-0.3, -0.25) is 0 Å². The summed E-state index contributed by atoms with van der Waals surface area (Å²) in [6.45, 7) is 5.57. The van der Waals surface area contributed by atoms with E-state index in [1.54, 1.807) is 0 Å². The van der Waals surface area contributed by atoms with E-state index in [-0.39, 0.29) is 0 Å². The highest BCUT2D eigenvalue weighted by Crippen LogP contribution is 2.14. The molecule has 0 aromatic heterocycles. The Balaban J connectivity index is 3.19. The van der Waals surface area contributed by atoms with Crippen molar-refractivity contribution in [3.8, 4) is 0 Å². The van der Waals surface area contributed by atoms with Gasteiger partial charge >= 0.3 is 5.97 Å². The predicted octanol–water partition coefficient (Wildman–Crippen LogP) is 5.20. The minimum Gasteiger partial charge on any atom is -0.443 e. The van der Waals surface area contributed by atoms with Crippen LogP contribution in [0.2, 0.25) is 0 Å². The van der Waals surface area contributed by atoms with Gasteiger partial charge in [-0.25, -0.2) is 4.79 Å². The lowest BCUT2D eigenvalue weighted by Gasteiger charge is -2.09. The Kier molecular flexibility index (Phi) is 12.6. The predicted molar refractivity (Wildman–Crippen MR) is 77.8 cm³/mol. The van der Waals surface area contributed by atoms with Gasteiger partial charge in [-0.2, -0.15) is 0 Å². The van der Waals surface area contributed by atoms with Gasteiger partial charge in [0.2, 0.25) is 0 Å². The molecule has 0 bridgehead atoms. The van der Waals surface area contributed by atoms with Gasteiger partial charge in [0.1, 0.15) is 0 Å². The van der Waals surface area contributed by atoms with E-state index in [9.17, 15) is 4.79 Å². The number of carbonyl (C=O) groups excluding carboxylic acids is 1. The molecule has 0 heterocycles. The molecule has 0 radical (unpaired) electrons. The van der Waals surface area contributed by atoms with E-state index in [2.05, 4.69) is 13.5 Å². The lowest BCUT2D eigenvalue weighted by atomic mass is 10.1. The third-order valence-electron chi connectivity index (χ3n) is 2.95. The fourth-order valence-electron chi connectivity index (χ4n) is 1.85. The van der Waals surface area contributed by atoms with Gasteiger partial charge < -0.3 is 4.74 Å². The van der Waals surface area contributed by atoms with E-state index >= 15 is 0 Å². The summed E-state index contributed by atoms with van der Waals surface area (Å²) in [5, 5.41) is 0. The van der Waals surface area contributed by atoms with Crippen LogP contribution in [0, 0.1) is 0 Å². The second kappa shape index (κ2) is 12.9. The molecular formula is C15H27ClO2. The summed E-state index contributed by atoms with van der Waals surface area (Å²) in [5.41, 5.74) is -0.500. The molecule has 0 saturated carbocycles. The van der Waals surface area contributed by atoms with E-state index in [0.717, 1.165) is 18.9 Å². The third-order valence-corrected chi connectivity index (χ3v) is 3.25. The SMILES string of the molecule is C=CC(=O)OC(Cl)CCCCCCCCCCC. The number of alkyl halides is 1. The highest BCUT2D eigenvalue weighted by molar-refractivity contribution is 6.20. The lowest BCUT2D eigenvalue weighted by molar-refractivity contribution is -0.139. The monoisotopic (exact) mass is 274 g/mol. The molecule has 2 nitrogen and oxygen atoms in total.